The second-order valence-electron chi connectivity index (χ2n) is 7.80. The molecule has 1 aliphatic rings. The average Bonchev–Trinajstić information content (AvgIpc) is 3.38. The van der Waals surface area contributed by atoms with E-state index in [-0.39, 0.29) is 5.91 Å². The fraction of sp³-hybridized carbons (Fsp3) is 0.292. The summed E-state index contributed by atoms with van der Waals surface area (Å²) in [6.45, 7) is 2.51. The topological polar surface area (TPSA) is 51.0 Å². The number of amides is 1. The van der Waals surface area contributed by atoms with Crippen LogP contribution in [0.25, 0.3) is 11.0 Å². The summed E-state index contributed by atoms with van der Waals surface area (Å²) in [5.74, 6) is 0.820. The SMILES string of the molecule is CC(=O)N(c1nc(CSc2nc3ccccc3n2CCc2ccccc2)cs1)C1CC1. The summed E-state index contributed by atoms with van der Waals surface area (Å²) in [7, 11) is 0. The van der Waals surface area contributed by atoms with Crippen molar-refractivity contribution in [3.05, 3.63) is 71.2 Å². The van der Waals surface area contributed by atoms with Crippen LogP contribution >= 0.6 is 23.1 Å². The summed E-state index contributed by atoms with van der Waals surface area (Å²) < 4.78 is 2.31. The molecule has 5 nitrogen and oxygen atoms in total. The Labute approximate surface area is 190 Å². The molecule has 0 unspecified atom stereocenters. The zero-order chi connectivity index (χ0) is 21.2. The monoisotopic (exact) mass is 448 g/mol. The first kappa shape index (κ1) is 20.3. The van der Waals surface area contributed by atoms with Crippen LogP contribution < -0.4 is 4.90 Å². The van der Waals surface area contributed by atoms with Gasteiger partial charge in [-0.2, -0.15) is 0 Å². The third-order valence-corrected chi connectivity index (χ3v) is 7.33. The number of hydrogen-bond donors (Lipinski definition) is 0. The number of carbonyl (C=O) groups is 1. The Morgan fingerprint density at radius 2 is 1.90 bits per heavy atom. The van der Waals surface area contributed by atoms with E-state index in [4.69, 9.17) is 9.97 Å². The van der Waals surface area contributed by atoms with Gasteiger partial charge in [-0.05, 0) is 37.0 Å². The van der Waals surface area contributed by atoms with Crippen LogP contribution in [0.5, 0.6) is 0 Å². The number of imidazole rings is 1. The zero-order valence-electron chi connectivity index (χ0n) is 17.4. The summed E-state index contributed by atoms with van der Waals surface area (Å²) >= 11 is 3.27. The number of thiazole rings is 1. The molecule has 1 amide bonds. The molecule has 0 spiro atoms. The number of rotatable bonds is 8. The van der Waals surface area contributed by atoms with Gasteiger partial charge in [0.25, 0.3) is 0 Å². The van der Waals surface area contributed by atoms with Gasteiger partial charge in [0.05, 0.1) is 16.7 Å². The van der Waals surface area contributed by atoms with Crippen LogP contribution in [0.2, 0.25) is 0 Å². The van der Waals surface area contributed by atoms with Crippen molar-refractivity contribution in [2.24, 2.45) is 0 Å². The number of hydrogen-bond acceptors (Lipinski definition) is 5. The Morgan fingerprint density at radius 1 is 1.13 bits per heavy atom. The molecule has 4 aromatic rings. The van der Waals surface area contributed by atoms with Gasteiger partial charge in [0, 0.05) is 30.6 Å². The van der Waals surface area contributed by atoms with Gasteiger partial charge in [0.15, 0.2) is 10.3 Å². The van der Waals surface area contributed by atoms with Crippen LogP contribution in [0.3, 0.4) is 0 Å². The van der Waals surface area contributed by atoms with Crippen molar-refractivity contribution in [1.82, 2.24) is 14.5 Å². The Morgan fingerprint density at radius 3 is 2.68 bits per heavy atom. The van der Waals surface area contributed by atoms with E-state index < -0.39 is 0 Å². The Kier molecular flexibility index (Phi) is 5.78. The molecule has 0 bridgehead atoms. The molecular formula is C24H24N4OS2. The highest BCUT2D eigenvalue weighted by atomic mass is 32.2. The highest BCUT2D eigenvalue weighted by molar-refractivity contribution is 7.98. The highest BCUT2D eigenvalue weighted by Crippen LogP contribution is 2.35. The van der Waals surface area contributed by atoms with Crippen molar-refractivity contribution in [3.8, 4) is 0 Å². The Bertz CT molecular complexity index is 1200. The third kappa shape index (κ3) is 4.52. The van der Waals surface area contributed by atoms with Crippen LogP contribution in [0.15, 0.2) is 65.1 Å². The molecule has 5 rings (SSSR count). The fourth-order valence-electron chi connectivity index (χ4n) is 3.76. The number of benzene rings is 2. The lowest BCUT2D eigenvalue weighted by molar-refractivity contribution is -0.116. The van der Waals surface area contributed by atoms with Gasteiger partial charge in [-0.3, -0.25) is 9.69 Å². The Hall–Kier alpha value is -2.64. The highest BCUT2D eigenvalue weighted by Gasteiger charge is 2.33. The van der Waals surface area contributed by atoms with E-state index >= 15 is 0 Å². The zero-order valence-corrected chi connectivity index (χ0v) is 19.0. The minimum absolute atomic E-state index is 0.0822. The van der Waals surface area contributed by atoms with Crippen molar-refractivity contribution in [2.75, 3.05) is 4.90 Å². The van der Waals surface area contributed by atoms with E-state index in [0.717, 1.165) is 58.6 Å². The quantitative estimate of drug-likeness (QED) is 0.332. The minimum atomic E-state index is 0.0822. The maximum atomic E-state index is 12.0. The molecule has 0 saturated heterocycles. The first-order valence-corrected chi connectivity index (χ1v) is 12.4. The molecule has 2 aromatic carbocycles. The van der Waals surface area contributed by atoms with Gasteiger partial charge < -0.3 is 4.57 Å². The molecule has 0 radical (unpaired) electrons. The van der Waals surface area contributed by atoms with Gasteiger partial charge in [-0.1, -0.05) is 54.2 Å². The molecule has 0 aliphatic heterocycles. The second kappa shape index (κ2) is 8.85. The first-order valence-electron chi connectivity index (χ1n) is 10.6. The maximum absolute atomic E-state index is 12.0. The summed E-state index contributed by atoms with van der Waals surface area (Å²) in [5.41, 5.74) is 4.51. The van der Waals surface area contributed by atoms with Crippen molar-refractivity contribution in [2.45, 2.75) is 49.7 Å². The van der Waals surface area contributed by atoms with E-state index in [0.29, 0.717) is 6.04 Å². The van der Waals surface area contributed by atoms with Gasteiger partial charge >= 0.3 is 0 Å². The molecule has 1 saturated carbocycles. The fourth-order valence-corrected chi connectivity index (χ4v) is 5.74. The number of aromatic nitrogens is 3. The van der Waals surface area contributed by atoms with Crippen LogP contribution in [0.4, 0.5) is 5.13 Å². The summed E-state index contributed by atoms with van der Waals surface area (Å²) in [5, 5.41) is 3.90. The summed E-state index contributed by atoms with van der Waals surface area (Å²) in [4.78, 5) is 23.5. The van der Waals surface area contributed by atoms with Gasteiger partial charge in [0.1, 0.15) is 0 Å². The number of thioether (sulfide) groups is 1. The molecule has 0 atom stereocenters. The largest absolute Gasteiger partial charge is 0.319 e. The molecule has 2 heterocycles. The first-order chi connectivity index (χ1) is 15.2. The predicted octanol–water partition coefficient (Wildman–Crippen LogP) is 5.54. The summed E-state index contributed by atoms with van der Waals surface area (Å²) in [6.07, 6.45) is 3.12. The second-order valence-corrected chi connectivity index (χ2v) is 9.58. The van der Waals surface area contributed by atoms with Gasteiger partial charge in [-0.15, -0.1) is 11.3 Å². The predicted molar refractivity (Wildman–Crippen MR) is 128 cm³/mol. The lowest BCUT2D eigenvalue weighted by atomic mass is 10.1. The normalized spacial score (nSPS) is 13.6. The maximum Gasteiger partial charge on any atom is 0.225 e. The van der Waals surface area contributed by atoms with Crippen LogP contribution in [-0.4, -0.2) is 26.5 Å². The number of carbonyl (C=O) groups excluding carboxylic acids is 1. The summed E-state index contributed by atoms with van der Waals surface area (Å²) in [6, 6.07) is 19.2. The van der Waals surface area contributed by atoms with E-state index in [1.54, 1.807) is 30.0 Å². The van der Waals surface area contributed by atoms with E-state index in [2.05, 4.69) is 58.5 Å². The molecule has 158 valence electrons. The lowest BCUT2D eigenvalue weighted by Crippen LogP contribution is -2.30. The van der Waals surface area contributed by atoms with Crippen molar-refractivity contribution in [3.63, 3.8) is 0 Å². The van der Waals surface area contributed by atoms with Crippen LogP contribution in [-0.2, 0) is 23.5 Å². The lowest BCUT2D eigenvalue weighted by Gasteiger charge is -2.16. The van der Waals surface area contributed by atoms with E-state index in [1.165, 1.54) is 5.56 Å². The Balaban J connectivity index is 1.34. The number of anilines is 1. The standard InChI is InChI=1S/C24H24N4OS2/c1-17(29)28(20-11-12-20)24-25-19(16-31-24)15-30-23-26-21-9-5-6-10-22(21)27(23)14-13-18-7-3-2-4-8-18/h2-10,16,20H,11-15H2,1H3. The van der Waals surface area contributed by atoms with Gasteiger partial charge in [-0.25, -0.2) is 9.97 Å². The van der Waals surface area contributed by atoms with Gasteiger partial charge in [0.2, 0.25) is 5.91 Å². The molecular weight excluding hydrogens is 424 g/mol. The van der Waals surface area contributed by atoms with Crippen LogP contribution in [0.1, 0.15) is 31.0 Å². The molecule has 31 heavy (non-hydrogen) atoms. The molecule has 1 fully saturated rings. The van der Waals surface area contributed by atoms with E-state index in [9.17, 15) is 4.79 Å². The van der Waals surface area contributed by atoms with Crippen molar-refractivity contribution in [1.29, 1.82) is 0 Å². The number of para-hydroxylation sites is 2. The molecule has 1 aliphatic carbocycles. The molecule has 0 N–H and O–H groups in total. The van der Waals surface area contributed by atoms with E-state index in [1.807, 2.05) is 11.0 Å². The minimum Gasteiger partial charge on any atom is -0.319 e. The number of fused-ring (bicyclic) bond motifs is 1. The van der Waals surface area contributed by atoms with Crippen LogP contribution in [0, 0.1) is 0 Å². The third-order valence-electron chi connectivity index (χ3n) is 5.43. The number of nitrogens with zero attached hydrogens (tertiary/aromatic N) is 4. The smallest absolute Gasteiger partial charge is 0.225 e. The van der Waals surface area contributed by atoms with Crippen molar-refractivity contribution >= 4 is 45.2 Å². The average molecular weight is 449 g/mol. The molecule has 7 heteroatoms. The van der Waals surface area contributed by atoms with Crippen molar-refractivity contribution < 1.29 is 4.79 Å². The number of aryl methyl sites for hydroxylation is 2. The molecule has 2 aromatic heterocycles.